The lowest BCUT2D eigenvalue weighted by molar-refractivity contribution is 0.0989. The zero-order valence-corrected chi connectivity index (χ0v) is 13.9. The Hall–Kier alpha value is -2.67. The second-order valence-corrected chi connectivity index (χ2v) is 6.06. The SMILES string of the molecule is CN(C)c1ncccc1N(C)C(=O)c1ncoc1-c1cccs1. The van der Waals surface area contributed by atoms with Crippen molar-refractivity contribution in [2.24, 2.45) is 0 Å². The lowest BCUT2D eigenvalue weighted by atomic mass is 10.2. The molecule has 1 amide bonds. The molecule has 0 spiro atoms. The van der Waals surface area contributed by atoms with Crippen LogP contribution in [0, 0.1) is 0 Å². The summed E-state index contributed by atoms with van der Waals surface area (Å²) in [6, 6.07) is 7.46. The Morgan fingerprint density at radius 2 is 2.00 bits per heavy atom. The maximum Gasteiger partial charge on any atom is 0.280 e. The number of anilines is 2. The molecule has 3 heterocycles. The maximum atomic E-state index is 12.9. The predicted octanol–water partition coefficient (Wildman–Crippen LogP) is 3.14. The van der Waals surface area contributed by atoms with Gasteiger partial charge < -0.3 is 14.2 Å². The zero-order chi connectivity index (χ0) is 16.4. The van der Waals surface area contributed by atoms with Crippen LogP contribution in [0.1, 0.15) is 10.5 Å². The fourth-order valence-corrected chi connectivity index (χ4v) is 2.96. The first kappa shape index (κ1) is 15.2. The third-order valence-corrected chi connectivity index (χ3v) is 4.24. The molecule has 3 rings (SSSR count). The van der Waals surface area contributed by atoms with Crippen LogP contribution in [-0.2, 0) is 0 Å². The molecular formula is C16H16N4O2S. The van der Waals surface area contributed by atoms with E-state index in [1.54, 1.807) is 19.3 Å². The molecule has 0 bridgehead atoms. The summed E-state index contributed by atoms with van der Waals surface area (Å²) in [5.74, 6) is 0.968. The van der Waals surface area contributed by atoms with Crippen molar-refractivity contribution >= 4 is 28.7 Å². The number of rotatable bonds is 4. The summed E-state index contributed by atoms with van der Waals surface area (Å²) in [4.78, 5) is 25.6. The average Bonchev–Trinajstić information content (AvgIpc) is 3.23. The number of oxazole rings is 1. The number of aromatic nitrogens is 2. The van der Waals surface area contributed by atoms with Crippen LogP contribution in [0.5, 0.6) is 0 Å². The predicted molar refractivity (Wildman–Crippen MR) is 91.1 cm³/mol. The van der Waals surface area contributed by atoms with Gasteiger partial charge in [-0.2, -0.15) is 0 Å². The van der Waals surface area contributed by atoms with Crippen LogP contribution < -0.4 is 9.80 Å². The highest BCUT2D eigenvalue weighted by Crippen LogP contribution is 2.30. The minimum Gasteiger partial charge on any atom is -0.442 e. The van der Waals surface area contributed by atoms with Gasteiger partial charge in [0.2, 0.25) is 0 Å². The van der Waals surface area contributed by atoms with Crippen LogP contribution in [0.15, 0.2) is 46.7 Å². The second kappa shape index (κ2) is 6.21. The third-order valence-electron chi connectivity index (χ3n) is 3.37. The van der Waals surface area contributed by atoms with Crippen molar-refractivity contribution in [3.63, 3.8) is 0 Å². The van der Waals surface area contributed by atoms with Crippen molar-refractivity contribution < 1.29 is 9.21 Å². The third kappa shape index (κ3) is 2.83. The Balaban J connectivity index is 1.98. The molecule has 23 heavy (non-hydrogen) atoms. The zero-order valence-electron chi connectivity index (χ0n) is 13.1. The number of thiophene rings is 1. The molecule has 118 valence electrons. The summed E-state index contributed by atoms with van der Waals surface area (Å²) in [7, 11) is 5.48. The van der Waals surface area contributed by atoms with Gasteiger partial charge in [-0.05, 0) is 23.6 Å². The summed E-state index contributed by atoms with van der Waals surface area (Å²) < 4.78 is 5.42. The van der Waals surface area contributed by atoms with E-state index in [-0.39, 0.29) is 5.91 Å². The largest absolute Gasteiger partial charge is 0.442 e. The summed E-state index contributed by atoms with van der Waals surface area (Å²) in [6.07, 6.45) is 3.00. The molecule has 3 aromatic heterocycles. The number of pyridine rings is 1. The van der Waals surface area contributed by atoms with Gasteiger partial charge in [-0.3, -0.25) is 4.79 Å². The first-order valence-corrected chi connectivity index (χ1v) is 7.85. The van der Waals surface area contributed by atoms with Crippen molar-refractivity contribution in [1.82, 2.24) is 9.97 Å². The number of hydrogen-bond donors (Lipinski definition) is 0. The monoisotopic (exact) mass is 328 g/mol. The van der Waals surface area contributed by atoms with Crippen LogP contribution in [0.3, 0.4) is 0 Å². The Morgan fingerprint density at radius 3 is 2.70 bits per heavy atom. The fourth-order valence-electron chi connectivity index (χ4n) is 2.24. The summed E-state index contributed by atoms with van der Waals surface area (Å²) in [6.45, 7) is 0. The Labute approximate surface area is 138 Å². The van der Waals surface area contributed by atoms with Crippen LogP contribution >= 0.6 is 11.3 Å². The van der Waals surface area contributed by atoms with Gasteiger partial charge in [0.25, 0.3) is 5.91 Å². The van der Waals surface area contributed by atoms with Gasteiger partial charge in [0, 0.05) is 27.3 Å². The molecule has 0 N–H and O–H groups in total. The lowest BCUT2D eigenvalue weighted by Crippen LogP contribution is -2.29. The number of hydrogen-bond acceptors (Lipinski definition) is 6. The first-order valence-electron chi connectivity index (χ1n) is 6.97. The second-order valence-electron chi connectivity index (χ2n) is 5.11. The molecule has 7 heteroatoms. The minimum absolute atomic E-state index is 0.238. The molecule has 6 nitrogen and oxygen atoms in total. The van der Waals surface area contributed by atoms with Gasteiger partial charge in [0.15, 0.2) is 23.7 Å². The van der Waals surface area contributed by atoms with Gasteiger partial charge in [-0.15, -0.1) is 11.3 Å². The maximum absolute atomic E-state index is 12.9. The molecule has 0 aliphatic carbocycles. The van der Waals surface area contributed by atoms with E-state index in [0.717, 1.165) is 4.88 Å². The van der Waals surface area contributed by atoms with Crippen LogP contribution in [0.4, 0.5) is 11.5 Å². The molecule has 0 atom stereocenters. The van der Waals surface area contributed by atoms with Crippen molar-refractivity contribution in [2.45, 2.75) is 0 Å². The van der Waals surface area contributed by atoms with Crippen molar-refractivity contribution in [2.75, 3.05) is 30.9 Å². The van der Waals surface area contributed by atoms with E-state index in [2.05, 4.69) is 9.97 Å². The fraction of sp³-hybridized carbons (Fsp3) is 0.188. The van der Waals surface area contributed by atoms with Crippen LogP contribution in [0.25, 0.3) is 10.6 Å². The number of carbonyl (C=O) groups is 1. The van der Waals surface area contributed by atoms with E-state index < -0.39 is 0 Å². The van der Waals surface area contributed by atoms with E-state index >= 15 is 0 Å². The van der Waals surface area contributed by atoms with Gasteiger partial charge in [-0.25, -0.2) is 9.97 Å². The van der Waals surface area contributed by atoms with Gasteiger partial charge in [-0.1, -0.05) is 6.07 Å². The van der Waals surface area contributed by atoms with E-state index in [0.29, 0.717) is 23.0 Å². The molecule has 3 aromatic rings. The van der Waals surface area contributed by atoms with Crippen LogP contribution in [0.2, 0.25) is 0 Å². The normalized spacial score (nSPS) is 10.6. The van der Waals surface area contributed by atoms with Gasteiger partial charge in [0.1, 0.15) is 0 Å². The summed E-state index contributed by atoms with van der Waals surface area (Å²) >= 11 is 1.50. The molecule has 0 unspecified atom stereocenters. The first-order chi connectivity index (χ1) is 11.1. The van der Waals surface area contributed by atoms with Crippen molar-refractivity contribution in [3.05, 3.63) is 47.9 Å². The molecular weight excluding hydrogens is 312 g/mol. The molecule has 0 saturated heterocycles. The van der Waals surface area contributed by atoms with E-state index in [4.69, 9.17) is 4.42 Å². The lowest BCUT2D eigenvalue weighted by Gasteiger charge is -2.22. The van der Waals surface area contributed by atoms with Crippen molar-refractivity contribution in [1.29, 1.82) is 0 Å². The minimum atomic E-state index is -0.238. The molecule has 0 radical (unpaired) electrons. The Morgan fingerprint density at radius 1 is 1.17 bits per heavy atom. The van der Waals surface area contributed by atoms with Gasteiger partial charge >= 0.3 is 0 Å². The molecule has 0 fully saturated rings. The summed E-state index contributed by atoms with van der Waals surface area (Å²) in [5.41, 5.74) is 1.01. The van der Waals surface area contributed by atoms with E-state index in [1.165, 1.54) is 22.6 Å². The quantitative estimate of drug-likeness (QED) is 0.736. The molecule has 0 aliphatic rings. The average molecular weight is 328 g/mol. The molecule has 0 aromatic carbocycles. The summed E-state index contributed by atoms with van der Waals surface area (Å²) in [5, 5.41) is 1.93. The van der Waals surface area contributed by atoms with Crippen molar-refractivity contribution in [3.8, 4) is 10.6 Å². The Bertz CT molecular complexity index is 811. The highest BCUT2D eigenvalue weighted by molar-refractivity contribution is 7.13. The Kier molecular flexibility index (Phi) is 4.12. The van der Waals surface area contributed by atoms with E-state index in [9.17, 15) is 4.79 Å². The number of carbonyl (C=O) groups excluding carboxylic acids is 1. The highest BCUT2D eigenvalue weighted by atomic mass is 32.1. The number of nitrogens with zero attached hydrogens (tertiary/aromatic N) is 4. The highest BCUT2D eigenvalue weighted by Gasteiger charge is 2.25. The van der Waals surface area contributed by atoms with Gasteiger partial charge in [0.05, 0.1) is 10.6 Å². The standard InChI is InChI=1S/C16H16N4O2S/c1-19(2)15-11(6-4-8-17-15)20(3)16(21)13-14(22-10-18-13)12-7-5-9-23-12/h4-10H,1-3H3. The smallest absolute Gasteiger partial charge is 0.280 e. The molecule has 0 saturated carbocycles. The van der Waals surface area contributed by atoms with Crippen LogP contribution in [-0.4, -0.2) is 37.0 Å². The van der Waals surface area contributed by atoms with E-state index in [1.807, 2.05) is 42.6 Å². The topological polar surface area (TPSA) is 62.5 Å². The number of amides is 1. The molecule has 0 aliphatic heterocycles.